The van der Waals surface area contributed by atoms with Gasteiger partial charge in [-0.25, -0.2) is 4.57 Å². The molecule has 0 aromatic carbocycles. The second-order valence-electron chi connectivity index (χ2n) is 22.7. The second-order valence-corrected chi connectivity index (χ2v) is 24.1. The van der Waals surface area contributed by atoms with Gasteiger partial charge < -0.3 is 24.2 Å². The van der Waals surface area contributed by atoms with Gasteiger partial charge in [0.15, 0.2) is 6.10 Å². The molecule has 0 spiro atoms. The Morgan fingerprint density at radius 2 is 0.526 bits per heavy atom. The molecule has 3 atom stereocenters. The number of hydrogen-bond acceptors (Lipinski definition) is 10. The Kier molecular flexibility index (Phi) is 58.4. The van der Waals surface area contributed by atoms with Crippen LogP contribution in [0.4, 0.5) is 0 Å². The number of carbonyl (C=O) groups is 3. The summed E-state index contributed by atoms with van der Waals surface area (Å²) in [5.74, 6) is -1.42. The van der Waals surface area contributed by atoms with Crippen LogP contribution in [0.5, 0.6) is 0 Å². The van der Waals surface area contributed by atoms with Crippen LogP contribution in [0.25, 0.3) is 0 Å². The van der Waals surface area contributed by atoms with Crippen LogP contribution in [-0.4, -0.2) is 66.5 Å². The number of esters is 3. The molecular formula is C64H125O11P. The maximum absolute atomic E-state index is 12.9. The van der Waals surface area contributed by atoms with Crippen LogP contribution in [0, 0.1) is 0 Å². The summed E-state index contributed by atoms with van der Waals surface area (Å²) < 4.78 is 39.7. The molecule has 2 N–H and O–H groups in total. The third kappa shape index (κ3) is 57.2. The Morgan fingerprint density at radius 1 is 0.316 bits per heavy atom. The molecule has 0 rings (SSSR count). The Bertz CT molecular complexity index is 1280. The number of ether oxygens (including phenoxy) is 3. The zero-order valence-electron chi connectivity index (χ0n) is 50.3. The molecule has 0 heterocycles. The molecule has 11 nitrogen and oxygen atoms in total. The van der Waals surface area contributed by atoms with Crippen molar-refractivity contribution in [3.8, 4) is 0 Å². The molecule has 3 unspecified atom stereocenters. The molecule has 12 heteroatoms. The predicted octanol–water partition coefficient (Wildman–Crippen LogP) is 19.8. The fraction of sp³-hybridized carbons (Fsp3) is 0.953. The molecule has 0 aliphatic rings. The van der Waals surface area contributed by atoms with Gasteiger partial charge in [0.1, 0.15) is 12.7 Å². The lowest BCUT2D eigenvalue weighted by molar-refractivity contribution is -0.161. The summed E-state index contributed by atoms with van der Waals surface area (Å²) in [5.41, 5.74) is 0. The molecule has 0 aromatic heterocycles. The summed E-state index contributed by atoms with van der Waals surface area (Å²) in [6.45, 7) is 4.76. The van der Waals surface area contributed by atoms with Gasteiger partial charge in [0, 0.05) is 19.3 Å². The highest BCUT2D eigenvalue weighted by Gasteiger charge is 2.28. The third-order valence-electron chi connectivity index (χ3n) is 15.0. The number of carbonyl (C=O) groups excluding carboxylic acids is 3. The van der Waals surface area contributed by atoms with Crippen molar-refractivity contribution >= 4 is 25.7 Å². The largest absolute Gasteiger partial charge is 0.472 e. The van der Waals surface area contributed by atoms with E-state index in [1.807, 2.05) is 0 Å². The summed E-state index contributed by atoms with van der Waals surface area (Å²) in [7, 11) is -4.74. The first-order valence-corrected chi connectivity index (χ1v) is 34.4. The molecule has 0 aromatic rings. The number of aliphatic hydroxyl groups excluding tert-OH is 1. The van der Waals surface area contributed by atoms with Gasteiger partial charge in [0.2, 0.25) is 0 Å². The Balaban J connectivity index is 4.60. The quantitative estimate of drug-likeness (QED) is 0.0259. The van der Waals surface area contributed by atoms with E-state index in [4.69, 9.17) is 23.3 Å². The van der Waals surface area contributed by atoms with E-state index in [1.54, 1.807) is 0 Å². The second kappa shape index (κ2) is 59.6. The maximum Gasteiger partial charge on any atom is 0.472 e. The molecule has 0 amide bonds. The average molecular weight is 1100 g/mol. The number of hydrogen-bond donors (Lipinski definition) is 2. The molecule has 0 saturated heterocycles. The van der Waals surface area contributed by atoms with E-state index in [1.165, 1.54) is 238 Å². The number of rotatable bonds is 63. The van der Waals surface area contributed by atoms with Crippen molar-refractivity contribution in [1.29, 1.82) is 0 Å². The van der Waals surface area contributed by atoms with Crippen molar-refractivity contribution in [1.82, 2.24) is 0 Å². The van der Waals surface area contributed by atoms with Gasteiger partial charge in [-0.15, -0.1) is 0 Å². The van der Waals surface area contributed by atoms with Gasteiger partial charge in [0.05, 0.1) is 19.8 Å². The van der Waals surface area contributed by atoms with Crippen molar-refractivity contribution in [3.63, 3.8) is 0 Å². The summed E-state index contributed by atoms with van der Waals surface area (Å²) >= 11 is 0. The van der Waals surface area contributed by atoms with Crippen LogP contribution in [-0.2, 0) is 42.2 Å². The first-order valence-electron chi connectivity index (χ1n) is 32.9. The van der Waals surface area contributed by atoms with Crippen molar-refractivity contribution in [3.05, 3.63) is 0 Å². The monoisotopic (exact) mass is 1100 g/mol. The Morgan fingerprint density at radius 3 is 0.776 bits per heavy atom. The third-order valence-corrected chi connectivity index (χ3v) is 16.0. The molecule has 0 aliphatic heterocycles. The molecule has 76 heavy (non-hydrogen) atoms. The van der Waals surface area contributed by atoms with E-state index in [-0.39, 0.29) is 25.9 Å². The number of phosphoric acid groups is 1. The topological polar surface area (TPSA) is 155 Å². The lowest BCUT2D eigenvalue weighted by atomic mass is 10.0. The van der Waals surface area contributed by atoms with E-state index in [0.29, 0.717) is 19.3 Å². The normalized spacial score (nSPS) is 13.2. The van der Waals surface area contributed by atoms with Crippen molar-refractivity contribution < 1.29 is 52.2 Å². The first-order chi connectivity index (χ1) is 37.2. The standard InChI is InChI=1S/C64H125O11P/c1-4-7-10-13-16-19-22-25-28-29-30-31-34-35-38-41-44-47-50-53-62(66)71-57-61(75-64(68)55-52-49-46-43-40-37-33-27-24-21-18-15-12-9-6-3)59-73-76(69,70)72-58-60(56-65)74-63(67)54-51-48-45-42-39-36-32-26-23-20-17-14-11-8-5-2/h60-61,65H,4-59H2,1-3H3,(H,69,70). The van der Waals surface area contributed by atoms with Gasteiger partial charge in [-0.1, -0.05) is 316 Å². The summed E-state index contributed by atoms with van der Waals surface area (Å²) in [6.07, 6.45) is 59.1. The van der Waals surface area contributed by atoms with Crippen LogP contribution in [0.2, 0.25) is 0 Å². The van der Waals surface area contributed by atoms with Crippen molar-refractivity contribution in [2.24, 2.45) is 0 Å². The van der Waals surface area contributed by atoms with Crippen LogP contribution >= 0.6 is 7.82 Å². The van der Waals surface area contributed by atoms with Crippen LogP contribution in [0.3, 0.4) is 0 Å². The SMILES string of the molecule is CCCCCCCCCCCCCCCCCCCCCC(=O)OCC(COP(=O)(O)OCC(CO)OC(=O)CCCCCCCCCCCCCCCCC)OC(=O)CCCCCCCCCCCCCCCCC. The molecule has 0 bridgehead atoms. The Labute approximate surface area is 469 Å². The number of unbranched alkanes of at least 4 members (excludes halogenated alkanes) is 46. The minimum atomic E-state index is -4.74. The lowest BCUT2D eigenvalue weighted by Gasteiger charge is -2.21. The number of phosphoric ester groups is 1. The van der Waals surface area contributed by atoms with Gasteiger partial charge in [0.25, 0.3) is 0 Å². The zero-order chi connectivity index (χ0) is 55.5. The summed E-state index contributed by atoms with van der Waals surface area (Å²) in [5, 5.41) is 9.85. The van der Waals surface area contributed by atoms with Gasteiger partial charge in [-0.3, -0.25) is 23.4 Å². The molecule has 0 saturated carbocycles. The Hall–Kier alpha value is -1.52. The van der Waals surface area contributed by atoms with Gasteiger partial charge in [-0.2, -0.15) is 0 Å². The molecule has 452 valence electrons. The van der Waals surface area contributed by atoms with E-state index in [0.717, 1.165) is 57.8 Å². The van der Waals surface area contributed by atoms with Crippen molar-refractivity contribution in [2.75, 3.05) is 26.4 Å². The van der Waals surface area contributed by atoms with Crippen LogP contribution in [0.1, 0.15) is 355 Å². The first kappa shape index (κ1) is 74.5. The highest BCUT2D eigenvalue weighted by Crippen LogP contribution is 2.43. The molecule has 0 radical (unpaired) electrons. The number of aliphatic hydroxyl groups is 1. The van der Waals surface area contributed by atoms with E-state index < -0.39 is 57.8 Å². The summed E-state index contributed by atoms with van der Waals surface area (Å²) in [6, 6.07) is 0. The highest BCUT2D eigenvalue weighted by molar-refractivity contribution is 7.47. The highest BCUT2D eigenvalue weighted by atomic mass is 31.2. The fourth-order valence-corrected chi connectivity index (χ4v) is 10.8. The minimum Gasteiger partial charge on any atom is -0.462 e. The zero-order valence-corrected chi connectivity index (χ0v) is 51.2. The summed E-state index contributed by atoms with van der Waals surface area (Å²) in [4.78, 5) is 48.7. The molecular weight excluding hydrogens is 976 g/mol. The predicted molar refractivity (Wildman–Crippen MR) is 317 cm³/mol. The van der Waals surface area contributed by atoms with Gasteiger partial charge >= 0.3 is 25.7 Å². The van der Waals surface area contributed by atoms with Crippen molar-refractivity contribution in [2.45, 2.75) is 367 Å². The van der Waals surface area contributed by atoms with Crippen LogP contribution < -0.4 is 0 Å². The van der Waals surface area contributed by atoms with Crippen LogP contribution in [0.15, 0.2) is 0 Å². The van der Waals surface area contributed by atoms with E-state index >= 15 is 0 Å². The maximum atomic E-state index is 12.9. The minimum absolute atomic E-state index is 0.179. The average Bonchev–Trinajstić information content (AvgIpc) is 3.41. The fourth-order valence-electron chi connectivity index (χ4n) is 10.0. The molecule has 0 fully saturated rings. The van der Waals surface area contributed by atoms with Gasteiger partial charge in [-0.05, 0) is 19.3 Å². The smallest absolute Gasteiger partial charge is 0.462 e. The van der Waals surface area contributed by atoms with E-state index in [9.17, 15) is 28.9 Å². The lowest BCUT2D eigenvalue weighted by Crippen LogP contribution is -2.30. The van der Waals surface area contributed by atoms with E-state index in [2.05, 4.69) is 20.8 Å². The molecule has 0 aliphatic carbocycles.